The third kappa shape index (κ3) is 4.21. The second kappa shape index (κ2) is 7.68. The number of halogens is 2. The standard InChI is InChI=1S/C17H20F2N6O2/c1-10-15(22-23-24(10)2)21-17(27)20-14-4-3-7-25(16(14)26)9-11-5-6-12(18)8-13(11)19/h5-6,8,14H,3-4,7,9H2,1-2H3,(H2,20,21,27). The Morgan fingerprint density at radius 1 is 1.37 bits per heavy atom. The van der Waals surface area contributed by atoms with E-state index in [9.17, 15) is 18.4 Å². The minimum atomic E-state index is -0.723. The Bertz CT molecular complexity index is 869. The van der Waals surface area contributed by atoms with Crippen molar-refractivity contribution in [2.45, 2.75) is 32.4 Å². The van der Waals surface area contributed by atoms with Crippen LogP contribution in [0.1, 0.15) is 24.1 Å². The van der Waals surface area contributed by atoms with Crippen LogP contribution in [0.15, 0.2) is 18.2 Å². The molecule has 2 aromatic rings. The molecular weight excluding hydrogens is 358 g/mol. The number of urea groups is 1. The summed E-state index contributed by atoms with van der Waals surface area (Å²) in [6.45, 7) is 2.22. The minimum absolute atomic E-state index is 0.0218. The predicted molar refractivity (Wildman–Crippen MR) is 92.7 cm³/mol. The highest BCUT2D eigenvalue weighted by Crippen LogP contribution is 2.18. The highest BCUT2D eigenvalue weighted by atomic mass is 19.1. The molecule has 1 atom stereocenters. The van der Waals surface area contributed by atoms with Crippen LogP contribution in [-0.4, -0.2) is 44.4 Å². The van der Waals surface area contributed by atoms with Crippen molar-refractivity contribution in [1.82, 2.24) is 25.2 Å². The second-order valence-corrected chi connectivity index (χ2v) is 6.44. The molecule has 0 saturated carbocycles. The molecule has 2 heterocycles. The zero-order chi connectivity index (χ0) is 19.6. The van der Waals surface area contributed by atoms with E-state index in [-0.39, 0.29) is 18.0 Å². The first-order chi connectivity index (χ1) is 12.8. The van der Waals surface area contributed by atoms with Crippen LogP contribution in [0.3, 0.4) is 0 Å². The molecule has 144 valence electrons. The molecule has 1 aliphatic rings. The normalized spacial score (nSPS) is 17.1. The summed E-state index contributed by atoms with van der Waals surface area (Å²) in [5.74, 6) is -1.37. The molecule has 3 rings (SSSR count). The van der Waals surface area contributed by atoms with E-state index in [0.717, 1.165) is 12.1 Å². The van der Waals surface area contributed by atoms with Crippen LogP contribution in [0.2, 0.25) is 0 Å². The van der Waals surface area contributed by atoms with Crippen molar-refractivity contribution in [3.63, 3.8) is 0 Å². The average molecular weight is 378 g/mol. The quantitative estimate of drug-likeness (QED) is 0.847. The number of rotatable bonds is 4. The molecule has 1 aromatic heterocycles. The molecule has 10 heteroatoms. The summed E-state index contributed by atoms with van der Waals surface area (Å²) in [6, 6.07) is 1.97. The molecule has 3 amide bonds. The number of anilines is 1. The third-order valence-corrected chi connectivity index (χ3v) is 4.55. The molecule has 1 fully saturated rings. The lowest BCUT2D eigenvalue weighted by atomic mass is 10.0. The van der Waals surface area contributed by atoms with E-state index in [2.05, 4.69) is 20.9 Å². The molecule has 0 spiro atoms. The molecule has 0 bridgehead atoms. The number of likely N-dealkylation sites (tertiary alicyclic amines) is 1. The third-order valence-electron chi connectivity index (χ3n) is 4.55. The smallest absolute Gasteiger partial charge is 0.321 e. The number of amides is 3. The van der Waals surface area contributed by atoms with E-state index < -0.39 is 23.7 Å². The minimum Gasteiger partial charge on any atom is -0.336 e. The van der Waals surface area contributed by atoms with Crippen molar-refractivity contribution in [2.75, 3.05) is 11.9 Å². The number of benzene rings is 1. The lowest BCUT2D eigenvalue weighted by Crippen LogP contribution is -2.52. The van der Waals surface area contributed by atoms with Crippen LogP contribution in [-0.2, 0) is 18.4 Å². The fourth-order valence-electron chi connectivity index (χ4n) is 2.91. The number of aromatic nitrogens is 3. The van der Waals surface area contributed by atoms with Gasteiger partial charge in [0.2, 0.25) is 5.91 Å². The molecule has 1 aromatic carbocycles. The number of nitrogens with zero attached hydrogens (tertiary/aromatic N) is 4. The van der Waals surface area contributed by atoms with Gasteiger partial charge < -0.3 is 10.2 Å². The Morgan fingerprint density at radius 2 is 2.15 bits per heavy atom. The topological polar surface area (TPSA) is 92.2 Å². The fraction of sp³-hybridized carbons (Fsp3) is 0.412. The maximum Gasteiger partial charge on any atom is 0.321 e. The van der Waals surface area contributed by atoms with Crippen LogP contribution in [0.5, 0.6) is 0 Å². The van der Waals surface area contributed by atoms with Gasteiger partial charge >= 0.3 is 6.03 Å². The first-order valence-corrected chi connectivity index (χ1v) is 8.51. The summed E-state index contributed by atoms with van der Waals surface area (Å²) in [5, 5.41) is 12.8. The summed E-state index contributed by atoms with van der Waals surface area (Å²) < 4.78 is 28.4. The average Bonchev–Trinajstić information content (AvgIpc) is 2.92. The molecule has 0 radical (unpaired) electrons. The van der Waals surface area contributed by atoms with Crippen LogP contribution >= 0.6 is 0 Å². The van der Waals surface area contributed by atoms with Gasteiger partial charge in [0.15, 0.2) is 5.82 Å². The van der Waals surface area contributed by atoms with E-state index in [1.807, 2.05) is 0 Å². The first kappa shape index (κ1) is 18.7. The number of aryl methyl sites for hydroxylation is 1. The van der Waals surface area contributed by atoms with Crippen molar-refractivity contribution >= 4 is 17.8 Å². The number of hydrogen-bond donors (Lipinski definition) is 2. The molecule has 1 aliphatic heterocycles. The molecule has 8 nitrogen and oxygen atoms in total. The molecule has 2 N–H and O–H groups in total. The van der Waals surface area contributed by atoms with Gasteiger partial charge in [0.1, 0.15) is 17.7 Å². The van der Waals surface area contributed by atoms with Gasteiger partial charge in [-0.3, -0.25) is 14.8 Å². The van der Waals surface area contributed by atoms with Crippen molar-refractivity contribution < 1.29 is 18.4 Å². The van der Waals surface area contributed by atoms with Crippen LogP contribution in [0, 0.1) is 18.6 Å². The van der Waals surface area contributed by atoms with E-state index in [1.54, 1.807) is 14.0 Å². The van der Waals surface area contributed by atoms with Gasteiger partial charge in [-0.25, -0.2) is 13.6 Å². The first-order valence-electron chi connectivity index (χ1n) is 8.51. The van der Waals surface area contributed by atoms with Gasteiger partial charge in [0, 0.05) is 31.8 Å². The lowest BCUT2D eigenvalue weighted by Gasteiger charge is -2.32. The zero-order valence-electron chi connectivity index (χ0n) is 15.0. The van der Waals surface area contributed by atoms with Crippen molar-refractivity contribution in [1.29, 1.82) is 0 Å². The fourth-order valence-corrected chi connectivity index (χ4v) is 2.91. The van der Waals surface area contributed by atoms with Gasteiger partial charge in [-0.05, 0) is 25.8 Å². The molecule has 27 heavy (non-hydrogen) atoms. The molecule has 0 aliphatic carbocycles. The SMILES string of the molecule is Cc1c(NC(=O)NC2CCCN(Cc3ccc(F)cc3F)C2=O)nnn1C. The Labute approximate surface area is 154 Å². The summed E-state index contributed by atoms with van der Waals surface area (Å²) in [6.07, 6.45) is 1.14. The van der Waals surface area contributed by atoms with Gasteiger partial charge in [0.25, 0.3) is 0 Å². The number of hydrogen-bond acceptors (Lipinski definition) is 4. The van der Waals surface area contributed by atoms with Gasteiger partial charge in [0.05, 0.1) is 5.69 Å². The van der Waals surface area contributed by atoms with Crippen molar-refractivity contribution in [2.24, 2.45) is 7.05 Å². The maximum absolute atomic E-state index is 13.8. The summed E-state index contributed by atoms with van der Waals surface area (Å²) >= 11 is 0. The van der Waals surface area contributed by atoms with E-state index >= 15 is 0 Å². The highest BCUT2D eigenvalue weighted by Gasteiger charge is 2.30. The predicted octanol–water partition coefficient (Wildman–Crippen LogP) is 1.71. The lowest BCUT2D eigenvalue weighted by molar-refractivity contribution is -0.136. The Balaban J connectivity index is 1.62. The summed E-state index contributed by atoms with van der Waals surface area (Å²) in [4.78, 5) is 26.3. The zero-order valence-corrected chi connectivity index (χ0v) is 15.0. The number of nitrogens with one attached hydrogen (secondary N) is 2. The number of piperidine rings is 1. The monoisotopic (exact) mass is 378 g/mol. The molecule has 1 unspecified atom stereocenters. The van der Waals surface area contributed by atoms with Crippen LogP contribution in [0.25, 0.3) is 0 Å². The van der Waals surface area contributed by atoms with Gasteiger partial charge in [-0.2, -0.15) is 0 Å². The van der Waals surface area contributed by atoms with Crippen molar-refractivity contribution in [3.8, 4) is 0 Å². The van der Waals surface area contributed by atoms with Crippen LogP contribution < -0.4 is 10.6 Å². The highest BCUT2D eigenvalue weighted by molar-refractivity contribution is 5.93. The largest absolute Gasteiger partial charge is 0.336 e. The van der Waals surface area contributed by atoms with Crippen molar-refractivity contribution in [3.05, 3.63) is 41.1 Å². The van der Waals surface area contributed by atoms with E-state index in [1.165, 1.54) is 15.6 Å². The number of carbonyl (C=O) groups excluding carboxylic acids is 2. The van der Waals surface area contributed by atoms with E-state index in [4.69, 9.17) is 0 Å². The number of carbonyl (C=O) groups is 2. The summed E-state index contributed by atoms with van der Waals surface area (Å²) in [5.41, 5.74) is 0.901. The summed E-state index contributed by atoms with van der Waals surface area (Å²) in [7, 11) is 1.70. The maximum atomic E-state index is 13.8. The van der Waals surface area contributed by atoms with Gasteiger partial charge in [-0.1, -0.05) is 11.3 Å². The van der Waals surface area contributed by atoms with E-state index in [0.29, 0.717) is 30.9 Å². The Morgan fingerprint density at radius 3 is 2.81 bits per heavy atom. The molecule has 1 saturated heterocycles. The second-order valence-electron chi connectivity index (χ2n) is 6.44. The molecular formula is C17H20F2N6O2. The Hall–Kier alpha value is -3.04. The Kier molecular flexibility index (Phi) is 5.33. The van der Waals surface area contributed by atoms with Crippen LogP contribution in [0.4, 0.5) is 19.4 Å². The van der Waals surface area contributed by atoms with Gasteiger partial charge in [-0.15, -0.1) is 5.10 Å².